The second-order valence-electron chi connectivity index (χ2n) is 4.92. The van der Waals surface area contributed by atoms with Crippen LogP contribution in [0.25, 0.3) is 0 Å². The summed E-state index contributed by atoms with van der Waals surface area (Å²) in [5, 5.41) is 4.25. The number of hydrogen-bond acceptors (Lipinski definition) is 4. The van der Waals surface area contributed by atoms with Crippen molar-refractivity contribution in [2.45, 2.75) is 25.7 Å². The Morgan fingerprint density at radius 3 is 2.71 bits per heavy atom. The van der Waals surface area contributed by atoms with Gasteiger partial charge in [0.2, 0.25) is 0 Å². The first-order chi connectivity index (χ1) is 10.1. The molecule has 2 N–H and O–H groups in total. The molecule has 6 nitrogen and oxygen atoms in total. The predicted octanol–water partition coefficient (Wildman–Crippen LogP) is 0.717. The first kappa shape index (κ1) is 15.0. The van der Waals surface area contributed by atoms with Gasteiger partial charge in [0.1, 0.15) is 0 Å². The van der Waals surface area contributed by atoms with Crippen molar-refractivity contribution >= 4 is 17.9 Å². The Kier molecular flexibility index (Phi) is 4.92. The van der Waals surface area contributed by atoms with Crippen molar-refractivity contribution in [3.8, 4) is 0 Å². The fourth-order valence-electron chi connectivity index (χ4n) is 2.32. The van der Waals surface area contributed by atoms with Gasteiger partial charge in [0, 0.05) is 7.05 Å². The molecular weight excluding hydrogens is 272 g/mol. The Hall–Kier alpha value is -2.37. The van der Waals surface area contributed by atoms with Gasteiger partial charge in [0.05, 0.1) is 6.42 Å². The third-order valence-electron chi connectivity index (χ3n) is 3.36. The summed E-state index contributed by atoms with van der Waals surface area (Å²) in [6.07, 6.45) is 3.43. The second-order valence-corrected chi connectivity index (χ2v) is 4.92. The van der Waals surface area contributed by atoms with Crippen molar-refractivity contribution < 1.29 is 19.1 Å². The maximum Gasteiger partial charge on any atom is 0.321 e. The van der Waals surface area contributed by atoms with E-state index >= 15 is 0 Å². The van der Waals surface area contributed by atoms with Gasteiger partial charge in [-0.3, -0.25) is 14.9 Å². The van der Waals surface area contributed by atoms with Gasteiger partial charge < -0.3 is 10.1 Å². The van der Waals surface area contributed by atoms with E-state index < -0.39 is 24.5 Å². The van der Waals surface area contributed by atoms with E-state index in [1.165, 1.54) is 18.2 Å². The van der Waals surface area contributed by atoms with Crippen molar-refractivity contribution in [1.29, 1.82) is 0 Å². The maximum atomic E-state index is 11.7. The van der Waals surface area contributed by atoms with Gasteiger partial charge >= 0.3 is 12.0 Å². The Morgan fingerprint density at radius 2 is 1.95 bits per heavy atom. The van der Waals surface area contributed by atoms with Crippen molar-refractivity contribution in [1.82, 2.24) is 10.6 Å². The summed E-state index contributed by atoms with van der Waals surface area (Å²) >= 11 is 0. The van der Waals surface area contributed by atoms with E-state index in [0.29, 0.717) is 0 Å². The number of hydrogen-bond donors (Lipinski definition) is 2. The van der Waals surface area contributed by atoms with Crippen LogP contribution in [0, 0.1) is 0 Å². The first-order valence-corrected chi connectivity index (χ1v) is 6.86. The lowest BCUT2D eigenvalue weighted by molar-refractivity contribution is -0.147. The maximum absolute atomic E-state index is 11.7. The van der Waals surface area contributed by atoms with E-state index in [4.69, 9.17) is 4.74 Å². The molecule has 0 bridgehead atoms. The number of fused-ring (bicyclic) bond motifs is 1. The first-order valence-electron chi connectivity index (χ1n) is 6.86. The van der Waals surface area contributed by atoms with Crippen LogP contribution in [0.1, 0.15) is 23.1 Å². The summed E-state index contributed by atoms with van der Waals surface area (Å²) in [7, 11) is 1.39. The molecule has 0 saturated carbocycles. The molecular formula is C15H18N2O4. The molecule has 0 heterocycles. The van der Waals surface area contributed by atoms with Crippen LogP contribution in [0.3, 0.4) is 0 Å². The van der Waals surface area contributed by atoms with E-state index in [0.717, 1.165) is 24.8 Å². The molecule has 0 aromatic heterocycles. The molecule has 1 aliphatic carbocycles. The number of aryl methyl sites for hydroxylation is 2. The number of esters is 1. The third-order valence-corrected chi connectivity index (χ3v) is 3.36. The highest BCUT2D eigenvalue weighted by molar-refractivity contribution is 5.95. The molecule has 0 spiro atoms. The zero-order chi connectivity index (χ0) is 15.2. The molecule has 0 saturated heterocycles. The quantitative estimate of drug-likeness (QED) is 0.800. The highest BCUT2D eigenvalue weighted by Gasteiger charge is 2.14. The molecule has 6 heteroatoms. The fraction of sp³-hybridized carbons (Fsp3) is 0.400. The van der Waals surface area contributed by atoms with Gasteiger partial charge in [-0.05, 0) is 36.0 Å². The van der Waals surface area contributed by atoms with Crippen LogP contribution >= 0.6 is 0 Å². The largest absolute Gasteiger partial charge is 0.455 e. The van der Waals surface area contributed by atoms with Gasteiger partial charge in [0.25, 0.3) is 5.91 Å². The molecule has 1 aliphatic rings. The van der Waals surface area contributed by atoms with Gasteiger partial charge in [0.15, 0.2) is 6.61 Å². The normalized spacial score (nSPS) is 12.4. The van der Waals surface area contributed by atoms with Gasteiger partial charge in [-0.25, -0.2) is 4.79 Å². The number of carbonyl (C=O) groups excluding carboxylic acids is 3. The van der Waals surface area contributed by atoms with Crippen molar-refractivity contribution in [3.63, 3.8) is 0 Å². The molecule has 112 valence electrons. The average Bonchev–Trinajstić information content (AvgIpc) is 2.92. The highest BCUT2D eigenvalue weighted by atomic mass is 16.5. The number of ether oxygens (including phenoxy) is 1. The summed E-state index contributed by atoms with van der Waals surface area (Å²) < 4.78 is 4.84. The number of imide groups is 1. The van der Waals surface area contributed by atoms with Crippen LogP contribution in [0.15, 0.2) is 18.2 Å². The topological polar surface area (TPSA) is 84.5 Å². The fourth-order valence-corrected chi connectivity index (χ4v) is 2.32. The zero-order valence-corrected chi connectivity index (χ0v) is 11.9. The summed E-state index contributed by atoms with van der Waals surface area (Å²) in [6, 6.07) is 5.35. The van der Waals surface area contributed by atoms with Gasteiger partial charge in [-0.15, -0.1) is 0 Å². The third kappa shape index (κ3) is 4.30. The second kappa shape index (κ2) is 6.88. The van der Waals surface area contributed by atoms with Crippen molar-refractivity contribution in [2.75, 3.05) is 13.7 Å². The number of benzene rings is 1. The van der Waals surface area contributed by atoms with E-state index in [-0.39, 0.29) is 6.42 Å². The highest BCUT2D eigenvalue weighted by Crippen LogP contribution is 2.23. The molecule has 21 heavy (non-hydrogen) atoms. The van der Waals surface area contributed by atoms with E-state index in [2.05, 4.69) is 5.32 Å². The smallest absolute Gasteiger partial charge is 0.321 e. The van der Waals surface area contributed by atoms with E-state index in [1.54, 1.807) is 0 Å². The molecule has 0 aliphatic heterocycles. The van der Waals surface area contributed by atoms with Crippen molar-refractivity contribution in [3.05, 3.63) is 34.9 Å². The Morgan fingerprint density at radius 1 is 1.19 bits per heavy atom. The van der Waals surface area contributed by atoms with E-state index in [1.807, 2.05) is 23.5 Å². The summed E-state index contributed by atoms with van der Waals surface area (Å²) in [5.74, 6) is -1.14. The Labute approximate surface area is 122 Å². The van der Waals surface area contributed by atoms with Gasteiger partial charge in [-0.1, -0.05) is 18.2 Å². The number of carbonyl (C=O) groups is 3. The summed E-state index contributed by atoms with van der Waals surface area (Å²) in [4.78, 5) is 33.8. The number of urea groups is 1. The predicted molar refractivity (Wildman–Crippen MR) is 75.7 cm³/mol. The summed E-state index contributed by atoms with van der Waals surface area (Å²) in [5.41, 5.74) is 3.52. The van der Waals surface area contributed by atoms with Crippen LogP contribution < -0.4 is 10.6 Å². The minimum absolute atomic E-state index is 0.126. The van der Waals surface area contributed by atoms with Crippen LogP contribution in [-0.4, -0.2) is 31.6 Å². The standard InChI is InChI=1S/C15H18N2O4/c1-16-15(20)17-13(18)9-21-14(19)8-10-5-6-11-3-2-4-12(11)7-10/h5-7H,2-4,8-9H2,1H3,(H2,16,17,18,20). The minimum atomic E-state index is -0.656. The van der Waals surface area contributed by atoms with Gasteiger partial charge in [-0.2, -0.15) is 0 Å². The molecule has 2 rings (SSSR count). The monoisotopic (exact) mass is 290 g/mol. The van der Waals surface area contributed by atoms with E-state index in [9.17, 15) is 14.4 Å². The minimum Gasteiger partial charge on any atom is -0.455 e. The molecule has 1 aromatic rings. The number of rotatable bonds is 4. The molecule has 0 fully saturated rings. The van der Waals surface area contributed by atoms with Crippen LogP contribution in [0.5, 0.6) is 0 Å². The number of nitrogens with one attached hydrogen (secondary N) is 2. The SMILES string of the molecule is CNC(=O)NC(=O)COC(=O)Cc1ccc2c(c1)CCC2. The summed E-state index contributed by atoms with van der Waals surface area (Å²) in [6.45, 7) is -0.461. The molecule has 0 radical (unpaired) electrons. The Balaban J connectivity index is 1.79. The molecule has 0 atom stereocenters. The Bertz CT molecular complexity index is 569. The van der Waals surface area contributed by atoms with Crippen LogP contribution in [0.2, 0.25) is 0 Å². The average molecular weight is 290 g/mol. The van der Waals surface area contributed by atoms with Crippen LogP contribution in [-0.2, 0) is 33.6 Å². The van der Waals surface area contributed by atoms with Crippen molar-refractivity contribution in [2.24, 2.45) is 0 Å². The molecule has 0 unspecified atom stereocenters. The lowest BCUT2D eigenvalue weighted by atomic mass is 10.0. The van der Waals surface area contributed by atoms with Crippen LogP contribution in [0.4, 0.5) is 4.79 Å². The lowest BCUT2D eigenvalue weighted by Gasteiger charge is -2.07. The zero-order valence-electron chi connectivity index (χ0n) is 11.9. The molecule has 3 amide bonds. The lowest BCUT2D eigenvalue weighted by Crippen LogP contribution is -2.39. The molecule has 1 aromatic carbocycles. The number of amides is 3.